The highest BCUT2D eigenvalue weighted by molar-refractivity contribution is 9.10. The van der Waals surface area contributed by atoms with Crippen molar-refractivity contribution < 1.29 is 4.79 Å². The molecule has 15 heavy (non-hydrogen) atoms. The molecule has 1 nitrogen and oxygen atoms in total. The van der Waals surface area contributed by atoms with Gasteiger partial charge in [-0.1, -0.05) is 46.3 Å². The topological polar surface area (TPSA) is 17.1 Å². The number of fused-ring (bicyclic) bond motifs is 1. The lowest BCUT2D eigenvalue weighted by molar-refractivity contribution is -0.107. The van der Waals surface area contributed by atoms with Crippen molar-refractivity contribution in [3.8, 4) is 0 Å². The minimum absolute atomic E-state index is 0.584. The molecule has 0 saturated carbocycles. The third-order valence-electron chi connectivity index (χ3n) is 2.47. The quantitative estimate of drug-likeness (QED) is 0.771. The van der Waals surface area contributed by atoms with E-state index >= 15 is 0 Å². The molecule has 0 radical (unpaired) electrons. The van der Waals surface area contributed by atoms with Gasteiger partial charge in [-0.05, 0) is 28.8 Å². The van der Waals surface area contributed by atoms with Crippen LogP contribution in [0.2, 0.25) is 0 Å². The van der Waals surface area contributed by atoms with Gasteiger partial charge in [0.1, 0.15) is 6.29 Å². The first-order valence-corrected chi connectivity index (χ1v) is 5.72. The van der Waals surface area contributed by atoms with E-state index in [1.807, 2.05) is 18.2 Å². The highest BCUT2D eigenvalue weighted by atomic mass is 79.9. The molecule has 2 rings (SSSR count). The summed E-state index contributed by atoms with van der Waals surface area (Å²) in [6, 6.07) is 12.4. The number of hydrogen-bond donors (Lipinski definition) is 0. The summed E-state index contributed by atoms with van der Waals surface area (Å²) >= 11 is 3.55. The summed E-state index contributed by atoms with van der Waals surface area (Å²) in [5, 5.41) is 2.44. The number of carbonyl (C=O) groups is 1. The van der Waals surface area contributed by atoms with E-state index in [1.165, 1.54) is 16.3 Å². The molecule has 0 heterocycles. The largest absolute Gasteiger partial charge is 0.303 e. The number of aldehydes is 1. The monoisotopic (exact) mass is 262 g/mol. The molecule has 76 valence electrons. The highest BCUT2D eigenvalue weighted by Gasteiger charge is 2.03. The Balaban J connectivity index is 2.58. The molecule has 0 spiro atoms. The van der Waals surface area contributed by atoms with E-state index in [2.05, 4.69) is 34.1 Å². The minimum atomic E-state index is 0.584. The fourth-order valence-corrected chi connectivity index (χ4v) is 2.43. The Morgan fingerprint density at radius 3 is 2.60 bits per heavy atom. The first-order valence-electron chi connectivity index (χ1n) is 4.92. The maximum atomic E-state index is 10.4. The zero-order valence-corrected chi connectivity index (χ0v) is 9.83. The van der Waals surface area contributed by atoms with Crippen LogP contribution in [0.3, 0.4) is 0 Å². The lowest BCUT2D eigenvalue weighted by Gasteiger charge is -2.06. The van der Waals surface area contributed by atoms with Crippen LogP contribution in [0.1, 0.15) is 12.0 Å². The normalized spacial score (nSPS) is 10.5. The molecular weight excluding hydrogens is 252 g/mol. The van der Waals surface area contributed by atoms with Gasteiger partial charge in [0.15, 0.2) is 0 Å². The number of halogens is 1. The van der Waals surface area contributed by atoms with Gasteiger partial charge < -0.3 is 4.79 Å². The predicted molar refractivity (Wildman–Crippen MR) is 66.0 cm³/mol. The van der Waals surface area contributed by atoms with Crippen LogP contribution < -0.4 is 0 Å². The van der Waals surface area contributed by atoms with Gasteiger partial charge in [-0.2, -0.15) is 0 Å². The standard InChI is InChI=1S/C13H11BrO/c14-12-8-2-6-10-4-1-5-11(13(10)12)7-3-9-15/h1-2,4-6,8-9H,3,7H2. The first-order chi connectivity index (χ1) is 7.33. The van der Waals surface area contributed by atoms with Gasteiger partial charge >= 0.3 is 0 Å². The predicted octanol–water partition coefficient (Wildman–Crippen LogP) is 3.73. The van der Waals surface area contributed by atoms with Crippen LogP contribution >= 0.6 is 15.9 Å². The van der Waals surface area contributed by atoms with Gasteiger partial charge in [0.25, 0.3) is 0 Å². The van der Waals surface area contributed by atoms with Gasteiger partial charge in [0, 0.05) is 10.9 Å². The molecule has 0 aliphatic rings. The summed E-state index contributed by atoms with van der Waals surface area (Å²) in [5.41, 5.74) is 1.23. The van der Waals surface area contributed by atoms with E-state index in [4.69, 9.17) is 0 Å². The van der Waals surface area contributed by atoms with Crippen molar-refractivity contribution in [1.82, 2.24) is 0 Å². The Morgan fingerprint density at radius 1 is 1.13 bits per heavy atom. The fourth-order valence-electron chi connectivity index (χ4n) is 1.79. The number of aryl methyl sites for hydroxylation is 1. The van der Waals surface area contributed by atoms with Gasteiger partial charge in [-0.3, -0.25) is 0 Å². The molecule has 0 saturated heterocycles. The Hall–Kier alpha value is -1.15. The SMILES string of the molecule is O=CCCc1cccc2cccc(Br)c12. The fraction of sp³-hybridized carbons (Fsp3) is 0.154. The van der Waals surface area contributed by atoms with E-state index in [9.17, 15) is 4.79 Å². The molecule has 0 fully saturated rings. The summed E-state index contributed by atoms with van der Waals surface area (Å²) in [7, 11) is 0. The zero-order valence-electron chi connectivity index (χ0n) is 8.24. The second-order valence-corrected chi connectivity index (χ2v) is 4.31. The van der Waals surface area contributed by atoms with Crippen LogP contribution in [0.25, 0.3) is 10.8 Å². The Bertz CT molecular complexity index is 486. The number of benzene rings is 2. The molecule has 0 aliphatic heterocycles. The van der Waals surface area contributed by atoms with Crippen LogP contribution in [0.5, 0.6) is 0 Å². The van der Waals surface area contributed by atoms with Crippen molar-refractivity contribution in [2.45, 2.75) is 12.8 Å². The van der Waals surface area contributed by atoms with Crippen LogP contribution in [-0.2, 0) is 11.2 Å². The minimum Gasteiger partial charge on any atom is -0.303 e. The molecule has 0 aliphatic carbocycles. The number of carbonyl (C=O) groups excluding carboxylic acids is 1. The van der Waals surface area contributed by atoms with Crippen LogP contribution in [0.4, 0.5) is 0 Å². The third-order valence-corrected chi connectivity index (χ3v) is 3.13. The van der Waals surface area contributed by atoms with Gasteiger partial charge in [-0.25, -0.2) is 0 Å². The Labute approximate surface area is 97.2 Å². The average molecular weight is 263 g/mol. The van der Waals surface area contributed by atoms with E-state index in [0.717, 1.165) is 17.2 Å². The average Bonchev–Trinajstić information content (AvgIpc) is 2.26. The highest BCUT2D eigenvalue weighted by Crippen LogP contribution is 2.27. The van der Waals surface area contributed by atoms with Crippen LogP contribution in [-0.4, -0.2) is 6.29 Å². The third kappa shape index (κ3) is 2.10. The van der Waals surface area contributed by atoms with Gasteiger partial charge in [0.05, 0.1) is 0 Å². The second kappa shape index (κ2) is 4.58. The molecule has 2 aromatic rings. The molecular formula is C13H11BrO. The van der Waals surface area contributed by atoms with Crippen molar-refractivity contribution in [2.24, 2.45) is 0 Å². The van der Waals surface area contributed by atoms with Crippen LogP contribution in [0, 0.1) is 0 Å². The van der Waals surface area contributed by atoms with E-state index in [1.54, 1.807) is 0 Å². The van der Waals surface area contributed by atoms with Crippen molar-refractivity contribution in [1.29, 1.82) is 0 Å². The molecule has 0 amide bonds. The maximum Gasteiger partial charge on any atom is 0.120 e. The number of hydrogen-bond acceptors (Lipinski definition) is 1. The van der Waals surface area contributed by atoms with E-state index in [0.29, 0.717) is 6.42 Å². The Kier molecular flexibility index (Phi) is 3.17. The maximum absolute atomic E-state index is 10.4. The molecule has 0 unspecified atom stereocenters. The lowest BCUT2D eigenvalue weighted by Crippen LogP contribution is -1.88. The van der Waals surface area contributed by atoms with E-state index < -0.39 is 0 Å². The molecule has 0 bridgehead atoms. The summed E-state index contributed by atoms with van der Waals surface area (Å²) in [6.45, 7) is 0. The summed E-state index contributed by atoms with van der Waals surface area (Å²) in [6.07, 6.45) is 2.36. The van der Waals surface area contributed by atoms with Crippen molar-refractivity contribution in [3.05, 3.63) is 46.4 Å². The number of rotatable bonds is 3. The molecule has 0 N–H and O–H groups in total. The smallest absolute Gasteiger partial charge is 0.120 e. The van der Waals surface area contributed by atoms with Gasteiger partial charge in [0.2, 0.25) is 0 Å². The molecule has 2 aromatic carbocycles. The van der Waals surface area contributed by atoms with Crippen LogP contribution in [0.15, 0.2) is 40.9 Å². The Morgan fingerprint density at radius 2 is 1.87 bits per heavy atom. The first kappa shape index (κ1) is 10.4. The zero-order chi connectivity index (χ0) is 10.7. The second-order valence-electron chi connectivity index (χ2n) is 3.46. The van der Waals surface area contributed by atoms with E-state index in [-0.39, 0.29) is 0 Å². The molecule has 0 aromatic heterocycles. The van der Waals surface area contributed by atoms with Crippen molar-refractivity contribution in [2.75, 3.05) is 0 Å². The summed E-state index contributed by atoms with van der Waals surface area (Å²) in [5.74, 6) is 0. The molecule has 0 atom stereocenters. The summed E-state index contributed by atoms with van der Waals surface area (Å²) < 4.78 is 1.10. The summed E-state index contributed by atoms with van der Waals surface area (Å²) in [4.78, 5) is 10.4. The van der Waals surface area contributed by atoms with Crippen molar-refractivity contribution >= 4 is 33.0 Å². The lowest BCUT2D eigenvalue weighted by atomic mass is 10.0. The van der Waals surface area contributed by atoms with Gasteiger partial charge in [-0.15, -0.1) is 0 Å². The molecule has 2 heteroatoms. The van der Waals surface area contributed by atoms with Crippen molar-refractivity contribution in [3.63, 3.8) is 0 Å².